The summed E-state index contributed by atoms with van der Waals surface area (Å²) in [7, 11) is 0. The SMILES string of the molecule is Cc1ccccc1C(CC(=O)O)NC(=O)c1cc(OCC(O)C2CC2)n(-c2ccccc2F)n1. The number of ether oxygens (including phenoxy) is 1. The zero-order chi connectivity index (χ0) is 24.2. The number of benzene rings is 2. The number of halogens is 1. The fraction of sp³-hybridized carbons (Fsp3) is 0.320. The van der Waals surface area contributed by atoms with Gasteiger partial charge in [-0.15, -0.1) is 0 Å². The van der Waals surface area contributed by atoms with Crippen LogP contribution in [0.2, 0.25) is 0 Å². The molecule has 1 aromatic heterocycles. The molecule has 34 heavy (non-hydrogen) atoms. The van der Waals surface area contributed by atoms with Crippen LogP contribution in [0.3, 0.4) is 0 Å². The fourth-order valence-corrected chi connectivity index (χ4v) is 3.78. The molecule has 1 amide bonds. The largest absolute Gasteiger partial charge is 0.481 e. The van der Waals surface area contributed by atoms with Gasteiger partial charge in [-0.1, -0.05) is 36.4 Å². The minimum atomic E-state index is -1.07. The van der Waals surface area contributed by atoms with Gasteiger partial charge in [0.15, 0.2) is 5.69 Å². The van der Waals surface area contributed by atoms with Gasteiger partial charge in [0, 0.05) is 6.07 Å². The molecule has 3 aromatic rings. The van der Waals surface area contributed by atoms with Crippen LogP contribution in [0.1, 0.15) is 46.9 Å². The standard InChI is InChI=1S/C25H26FN3O5/c1-15-6-2-3-7-17(15)19(13-24(31)32)27-25(33)20-12-23(34-14-22(30)16-10-11-16)29(28-20)21-9-5-4-8-18(21)26/h2-9,12,16,19,22,30H,10-11,13-14H2,1H3,(H,27,33)(H,31,32). The molecule has 2 atom stereocenters. The zero-order valence-corrected chi connectivity index (χ0v) is 18.6. The Morgan fingerprint density at radius 1 is 1.21 bits per heavy atom. The summed E-state index contributed by atoms with van der Waals surface area (Å²) in [6.45, 7) is 1.82. The van der Waals surface area contributed by atoms with Crippen LogP contribution in [0, 0.1) is 18.7 Å². The lowest BCUT2D eigenvalue weighted by molar-refractivity contribution is -0.137. The summed E-state index contributed by atoms with van der Waals surface area (Å²) in [6, 6.07) is 13.7. The molecular formula is C25H26FN3O5. The second-order valence-corrected chi connectivity index (χ2v) is 8.43. The van der Waals surface area contributed by atoms with Crippen molar-refractivity contribution in [2.24, 2.45) is 5.92 Å². The van der Waals surface area contributed by atoms with E-state index in [1.165, 1.54) is 28.9 Å². The second-order valence-electron chi connectivity index (χ2n) is 8.43. The minimum Gasteiger partial charge on any atom is -0.481 e. The molecule has 2 unspecified atom stereocenters. The molecule has 8 nitrogen and oxygen atoms in total. The Morgan fingerprint density at radius 3 is 2.59 bits per heavy atom. The Balaban J connectivity index is 1.62. The van der Waals surface area contributed by atoms with Gasteiger partial charge in [0.1, 0.15) is 18.1 Å². The number of carboxylic acid groups (broad SMARTS) is 1. The van der Waals surface area contributed by atoms with E-state index >= 15 is 0 Å². The summed E-state index contributed by atoms with van der Waals surface area (Å²) < 4.78 is 21.4. The topological polar surface area (TPSA) is 114 Å². The Labute approximate surface area is 196 Å². The molecule has 9 heteroatoms. The average Bonchev–Trinajstić information content (AvgIpc) is 3.57. The molecule has 178 valence electrons. The van der Waals surface area contributed by atoms with Gasteiger partial charge in [0.05, 0.1) is 18.6 Å². The second kappa shape index (κ2) is 10.0. The van der Waals surface area contributed by atoms with Gasteiger partial charge in [0.2, 0.25) is 5.88 Å². The number of hydrogen-bond acceptors (Lipinski definition) is 5. The van der Waals surface area contributed by atoms with Crippen molar-refractivity contribution in [3.05, 3.63) is 77.2 Å². The third-order valence-corrected chi connectivity index (χ3v) is 5.81. The number of carbonyl (C=O) groups is 2. The maximum absolute atomic E-state index is 14.5. The van der Waals surface area contributed by atoms with E-state index < -0.39 is 29.8 Å². The zero-order valence-electron chi connectivity index (χ0n) is 18.6. The lowest BCUT2D eigenvalue weighted by atomic mass is 9.98. The summed E-state index contributed by atoms with van der Waals surface area (Å²) in [5, 5.41) is 26.5. The quantitative estimate of drug-likeness (QED) is 0.421. The van der Waals surface area contributed by atoms with Gasteiger partial charge in [-0.2, -0.15) is 9.78 Å². The number of carboxylic acids is 1. The van der Waals surface area contributed by atoms with E-state index in [-0.39, 0.29) is 36.2 Å². The Bertz CT molecular complexity index is 1190. The minimum absolute atomic E-state index is 0.0171. The number of nitrogens with zero attached hydrogens (tertiary/aromatic N) is 2. The van der Waals surface area contributed by atoms with Crippen LogP contribution in [-0.4, -0.2) is 44.6 Å². The third-order valence-electron chi connectivity index (χ3n) is 5.81. The van der Waals surface area contributed by atoms with Crippen molar-refractivity contribution in [1.82, 2.24) is 15.1 Å². The first-order chi connectivity index (χ1) is 16.3. The number of aryl methyl sites for hydroxylation is 1. The van der Waals surface area contributed by atoms with Gasteiger partial charge < -0.3 is 20.3 Å². The summed E-state index contributed by atoms with van der Waals surface area (Å²) in [4.78, 5) is 24.5. The molecule has 0 spiro atoms. The van der Waals surface area contributed by atoms with Crippen molar-refractivity contribution >= 4 is 11.9 Å². The van der Waals surface area contributed by atoms with Crippen molar-refractivity contribution in [1.29, 1.82) is 0 Å². The number of aliphatic carboxylic acids is 1. The van der Waals surface area contributed by atoms with Gasteiger partial charge in [-0.3, -0.25) is 9.59 Å². The van der Waals surface area contributed by atoms with Crippen LogP contribution in [0.15, 0.2) is 54.6 Å². The molecule has 3 N–H and O–H groups in total. The van der Waals surface area contributed by atoms with E-state index in [9.17, 15) is 24.2 Å². The van der Waals surface area contributed by atoms with Crippen LogP contribution in [0.5, 0.6) is 5.88 Å². The number of carbonyl (C=O) groups excluding carboxylic acids is 1. The Kier molecular flexibility index (Phi) is 6.93. The summed E-state index contributed by atoms with van der Waals surface area (Å²) in [6.07, 6.45) is 0.868. The van der Waals surface area contributed by atoms with Crippen molar-refractivity contribution in [3.63, 3.8) is 0 Å². The van der Waals surface area contributed by atoms with Crippen LogP contribution in [-0.2, 0) is 4.79 Å². The monoisotopic (exact) mass is 467 g/mol. The molecule has 0 aliphatic heterocycles. The van der Waals surface area contributed by atoms with Crippen molar-refractivity contribution in [2.45, 2.75) is 38.3 Å². The molecule has 1 aliphatic rings. The molecule has 4 rings (SSSR count). The molecule has 1 saturated carbocycles. The van der Waals surface area contributed by atoms with Crippen LogP contribution in [0.25, 0.3) is 5.69 Å². The lowest BCUT2D eigenvalue weighted by Gasteiger charge is -2.18. The number of rotatable bonds is 10. The molecular weight excluding hydrogens is 441 g/mol. The van der Waals surface area contributed by atoms with E-state index in [0.717, 1.165) is 18.4 Å². The molecule has 2 aromatic carbocycles. The van der Waals surface area contributed by atoms with Crippen molar-refractivity contribution in [2.75, 3.05) is 6.61 Å². The number of aromatic nitrogens is 2. The van der Waals surface area contributed by atoms with Gasteiger partial charge in [0.25, 0.3) is 5.91 Å². The Hall–Kier alpha value is -3.72. The first-order valence-corrected chi connectivity index (χ1v) is 11.1. The highest BCUT2D eigenvalue weighted by Crippen LogP contribution is 2.33. The maximum atomic E-state index is 14.5. The molecule has 0 bridgehead atoms. The molecule has 1 aliphatic carbocycles. The van der Waals surface area contributed by atoms with Gasteiger partial charge in [-0.25, -0.2) is 4.39 Å². The third kappa shape index (κ3) is 5.43. The van der Waals surface area contributed by atoms with Crippen LogP contribution in [0.4, 0.5) is 4.39 Å². The fourth-order valence-electron chi connectivity index (χ4n) is 3.78. The Morgan fingerprint density at radius 2 is 1.91 bits per heavy atom. The van der Waals surface area contributed by atoms with Crippen molar-refractivity contribution < 1.29 is 28.9 Å². The van der Waals surface area contributed by atoms with Crippen LogP contribution >= 0.6 is 0 Å². The lowest BCUT2D eigenvalue weighted by Crippen LogP contribution is -2.31. The van der Waals surface area contributed by atoms with E-state index in [0.29, 0.717) is 5.56 Å². The number of nitrogens with one attached hydrogen (secondary N) is 1. The smallest absolute Gasteiger partial charge is 0.305 e. The summed E-state index contributed by atoms with van der Waals surface area (Å²) in [5.74, 6) is -1.98. The average molecular weight is 467 g/mol. The number of aliphatic hydroxyl groups is 1. The maximum Gasteiger partial charge on any atom is 0.305 e. The van der Waals surface area contributed by atoms with E-state index in [1.807, 2.05) is 19.1 Å². The summed E-state index contributed by atoms with van der Waals surface area (Å²) >= 11 is 0. The molecule has 0 radical (unpaired) electrons. The summed E-state index contributed by atoms with van der Waals surface area (Å²) in [5.41, 5.74) is 1.53. The molecule has 1 fully saturated rings. The highest BCUT2D eigenvalue weighted by atomic mass is 19.1. The molecule has 1 heterocycles. The highest BCUT2D eigenvalue weighted by Gasteiger charge is 2.31. The predicted molar refractivity (Wildman–Crippen MR) is 121 cm³/mol. The number of amides is 1. The van der Waals surface area contributed by atoms with Gasteiger partial charge in [-0.05, 0) is 48.9 Å². The predicted octanol–water partition coefficient (Wildman–Crippen LogP) is 3.42. The van der Waals surface area contributed by atoms with Gasteiger partial charge >= 0.3 is 5.97 Å². The first kappa shape index (κ1) is 23.4. The van der Waals surface area contributed by atoms with E-state index in [2.05, 4.69) is 10.4 Å². The van der Waals surface area contributed by atoms with E-state index in [1.54, 1.807) is 18.2 Å². The number of aliphatic hydroxyl groups excluding tert-OH is 1. The number of para-hydroxylation sites is 1. The normalized spacial score (nSPS) is 14.9. The highest BCUT2D eigenvalue weighted by molar-refractivity contribution is 5.93. The number of hydrogen-bond donors (Lipinski definition) is 3. The first-order valence-electron chi connectivity index (χ1n) is 11.1. The van der Waals surface area contributed by atoms with Crippen molar-refractivity contribution in [3.8, 4) is 11.6 Å². The van der Waals surface area contributed by atoms with E-state index in [4.69, 9.17) is 4.74 Å². The van der Waals surface area contributed by atoms with Crippen LogP contribution < -0.4 is 10.1 Å². The molecule has 0 saturated heterocycles.